The van der Waals surface area contributed by atoms with Gasteiger partial charge in [0, 0.05) is 18.8 Å². The first kappa shape index (κ1) is 16.1. The van der Waals surface area contributed by atoms with Crippen LogP contribution in [0.15, 0.2) is 18.2 Å². The first-order valence-electron chi connectivity index (χ1n) is 7.01. The highest BCUT2D eigenvalue weighted by Crippen LogP contribution is 2.35. The van der Waals surface area contributed by atoms with Crippen molar-refractivity contribution in [2.24, 2.45) is 0 Å². The van der Waals surface area contributed by atoms with E-state index >= 15 is 0 Å². The summed E-state index contributed by atoms with van der Waals surface area (Å²) < 4.78 is 39.0. The molecule has 0 aromatic heterocycles. The van der Waals surface area contributed by atoms with Gasteiger partial charge >= 0.3 is 6.18 Å². The van der Waals surface area contributed by atoms with Crippen LogP contribution in [0.1, 0.15) is 37.3 Å². The number of benzene rings is 1. The molecule has 0 radical (unpaired) electrons. The number of alkyl halides is 3. The van der Waals surface area contributed by atoms with E-state index in [4.69, 9.17) is 5.11 Å². The molecule has 0 bridgehead atoms. The Kier molecular flexibility index (Phi) is 4.49. The largest absolute Gasteiger partial charge is 0.416 e. The summed E-state index contributed by atoms with van der Waals surface area (Å²) in [7, 11) is 0. The maximum Gasteiger partial charge on any atom is 0.416 e. The molecule has 1 aromatic rings. The molecule has 2 rings (SSSR count). The van der Waals surface area contributed by atoms with Gasteiger partial charge in [0.1, 0.15) is 0 Å². The Morgan fingerprint density at radius 1 is 1.24 bits per heavy atom. The van der Waals surface area contributed by atoms with Crippen LogP contribution in [0.3, 0.4) is 0 Å². The van der Waals surface area contributed by atoms with Gasteiger partial charge in [0.2, 0.25) is 0 Å². The van der Waals surface area contributed by atoms with E-state index < -0.39 is 23.9 Å². The summed E-state index contributed by atoms with van der Waals surface area (Å²) in [5.74, 6) is 0. The Hall–Kier alpha value is -1.27. The number of aliphatic hydroxyl groups is 2. The average Bonchev–Trinajstić information content (AvgIpc) is 2.58. The molecule has 2 N–H and O–H groups in total. The van der Waals surface area contributed by atoms with E-state index in [9.17, 15) is 18.3 Å². The van der Waals surface area contributed by atoms with Crippen LogP contribution < -0.4 is 4.90 Å². The van der Waals surface area contributed by atoms with E-state index in [2.05, 4.69) is 0 Å². The predicted octanol–water partition coefficient (Wildman–Crippen LogP) is 2.94. The summed E-state index contributed by atoms with van der Waals surface area (Å²) in [4.78, 5) is 1.86. The Morgan fingerprint density at radius 3 is 2.57 bits per heavy atom. The standard InChI is InChI=1S/C15H20F3NO2/c1-14(21)5-2-7-19(8-6-14)12-4-3-11(10-20)13(9-12)15(16,17)18/h3-4,9,20-21H,2,5-8,10H2,1H3. The van der Waals surface area contributed by atoms with E-state index in [1.165, 1.54) is 6.07 Å². The fraction of sp³-hybridized carbons (Fsp3) is 0.600. The maximum absolute atomic E-state index is 13.0. The summed E-state index contributed by atoms with van der Waals surface area (Å²) >= 11 is 0. The van der Waals surface area contributed by atoms with E-state index in [-0.39, 0.29) is 5.56 Å². The molecule has 1 unspecified atom stereocenters. The Morgan fingerprint density at radius 2 is 1.95 bits per heavy atom. The molecule has 1 saturated heterocycles. The Labute approximate surface area is 122 Å². The second-order valence-electron chi connectivity index (χ2n) is 5.83. The summed E-state index contributed by atoms with van der Waals surface area (Å²) in [6, 6.07) is 4.01. The molecule has 118 valence electrons. The zero-order valence-electron chi connectivity index (χ0n) is 12.0. The SMILES string of the molecule is CC1(O)CCCN(c2ccc(CO)c(C(F)(F)F)c2)CC1. The number of nitrogens with zero attached hydrogens (tertiary/aromatic N) is 1. The maximum atomic E-state index is 13.0. The molecule has 1 aliphatic rings. The van der Waals surface area contributed by atoms with Crippen molar-refractivity contribution < 1.29 is 23.4 Å². The second-order valence-corrected chi connectivity index (χ2v) is 5.83. The van der Waals surface area contributed by atoms with Crippen molar-refractivity contribution in [3.8, 4) is 0 Å². The van der Waals surface area contributed by atoms with Crippen molar-refractivity contribution in [3.63, 3.8) is 0 Å². The minimum Gasteiger partial charge on any atom is -0.392 e. The smallest absolute Gasteiger partial charge is 0.392 e. The van der Waals surface area contributed by atoms with Crippen molar-refractivity contribution in [2.75, 3.05) is 18.0 Å². The summed E-state index contributed by atoms with van der Waals surface area (Å²) in [5, 5.41) is 19.1. The van der Waals surface area contributed by atoms with Gasteiger partial charge in [-0.2, -0.15) is 13.2 Å². The fourth-order valence-electron chi connectivity index (χ4n) is 2.68. The topological polar surface area (TPSA) is 43.7 Å². The van der Waals surface area contributed by atoms with Crippen molar-refractivity contribution >= 4 is 5.69 Å². The molecule has 3 nitrogen and oxygen atoms in total. The molecule has 0 spiro atoms. The second kappa shape index (κ2) is 5.85. The van der Waals surface area contributed by atoms with Crippen LogP contribution in [0, 0.1) is 0 Å². The molecular formula is C15H20F3NO2. The van der Waals surface area contributed by atoms with Crippen molar-refractivity contribution in [1.82, 2.24) is 0 Å². The molecule has 1 heterocycles. The molecule has 1 aliphatic heterocycles. The average molecular weight is 303 g/mol. The minimum atomic E-state index is -4.48. The van der Waals surface area contributed by atoms with E-state index in [0.717, 1.165) is 12.5 Å². The van der Waals surface area contributed by atoms with Gasteiger partial charge in [-0.3, -0.25) is 0 Å². The van der Waals surface area contributed by atoms with Gasteiger partial charge < -0.3 is 15.1 Å². The lowest BCUT2D eigenvalue weighted by Gasteiger charge is -2.25. The van der Waals surface area contributed by atoms with E-state index in [1.54, 1.807) is 13.0 Å². The highest BCUT2D eigenvalue weighted by molar-refractivity contribution is 5.52. The molecule has 6 heteroatoms. The predicted molar refractivity (Wildman–Crippen MR) is 74.1 cm³/mol. The first-order valence-corrected chi connectivity index (χ1v) is 7.01. The number of rotatable bonds is 2. The van der Waals surface area contributed by atoms with E-state index in [1.807, 2.05) is 4.90 Å². The van der Waals surface area contributed by atoms with Crippen LogP contribution in [0.25, 0.3) is 0 Å². The van der Waals surface area contributed by atoms with Crippen LogP contribution >= 0.6 is 0 Å². The first-order chi connectivity index (χ1) is 9.73. The Balaban J connectivity index is 2.28. The third kappa shape index (κ3) is 3.89. The highest BCUT2D eigenvalue weighted by Gasteiger charge is 2.34. The molecule has 0 aliphatic carbocycles. The normalized spacial score (nSPS) is 24.0. The van der Waals surface area contributed by atoms with Crippen LogP contribution in [0.5, 0.6) is 0 Å². The lowest BCUT2D eigenvalue weighted by Crippen LogP contribution is -2.28. The van der Waals surface area contributed by atoms with Gasteiger partial charge in [0.15, 0.2) is 0 Å². The molecule has 21 heavy (non-hydrogen) atoms. The molecule has 0 amide bonds. The summed E-state index contributed by atoms with van der Waals surface area (Å²) in [6.07, 6.45) is -2.58. The van der Waals surface area contributed by atoms with Crippen molar-refractivity contribution in [1.29, 1.82) is 0 Å². The van der Waals surface area contributed by atoms with Gasteiger partial charge in [0.05, 0.1) is 17.8 Å². The quantitative estimate of drug-likeness (QED) is 0.883. The molecular weight excluding hydrogens is 283 g/mol. The monoisotopic (exact) mass is 303 g/mol. The van der Waals surface area contributed by atoms with Crippen LogP contribution in [-0.2, 0) is 12.8 Å². The third-order valence-corrected chi connectivity index (χ3v) is 4.00. The number of aliphatic hydroxyl groups excluding tert-OH is 1. The highest BCUT2D eigenvalue weighted by atomic mass is 19.4. The van der Waals surface area contributed by atoms with Gasteiger partial charge in [-0.25, -0.2) is 0 Å². The summed E-state index contributed by atoms with van der Waals surface area (Å²) in [6.45, 7) is 2.25. The van der Waals surface area contributed by atoms with Crippen molar-refractivity contribution in [3.05, 3.63) is 29.3 Å². The zero-order valence-corrected chi connectivity index (χ0v) is 12.0. The van der Waals surface area contributed by atoms with Gasteiger partial charge in [-0.15, -0.1) is 0 Å². The fourth-order valence-corrected chi connectivity index (χ4v) is 2.68. The zero-order chi connectivity index (χ0) is 15.7. The number of anilines is 1. The molecule has 1 fully saturated rings. The van der Waals surface area contributed by atoms with Crippen LogP contribution in [0.2, 0.25) is 0 Å². The summed E-state index contributed by atoms with van der Waals surface area (Å²) in [5.41, 5.74) is -1.18. The number of halogens is 3. The number of hydrogen-bond acceptors (Lipinski definition) is 3. The molecule has 1 aromatic carbocycles. The van der Waals surface area contributed by atoms with Crippen LogP contribution in [-0.4, -0.2) is 28.9 Å². The Bertz CT molecular complexity index is 500. The van der Waals surface area contributed by atoms with Crippen LogP contribution in [0.4, 0.5) is 18.9 Å². The lowest BCUT2D eigenvalue weighted by atomic mass is 9.98. The molecule has 1 atom stereocenters. The van der Waals surface area contributed by atoms with Gasteiger partial charge in [0.25, 0.3) is 0 Å². The third-order valence-electron chi connectivity index (χ3n) is 4.00. The molecule has 0 saturated carbocycles. The van der Waals surface area contributed by atoms with Crippen molar-refractivity contribution in [2.45, 2.75) is 44.6 Å². The van der Waals surface area contributed by atoms with Gasteiger partial charge in [-0.05, 0) is 43.9 Å². The minimum absolute atomic E-state index is 0.118. The lowest BCUT2D eigenvalue weighted by molar-refractivity contribution is -0.138. The van der Waals surface area contributed by atoms with E-state index in [0.29, 0.717) is 31.6 Å². The number of hydrogen-bond donors (Lipinski definition) is 2. The van der Waals surface area contributed by atoms with Gasteiger partial charge in [-0.1, -0.05) is 6.07 Å².